The Labute approximate surface area is 273 Å². The summed E-state index contributed by atoms with van der Waals surface area (Å²) in [5, 5.41) is 1.49. The second kappa shape index (κ2) is 13.6. The van der Waals surface area contributed by atoms with Gasteiger partial charge in [-0.2, -0.15) is 13.5 Å². The molecule has 1 aliphatic heterocycles. The van der Waals surface area contributed by atoms with Crippen molar-refractivity contribution in [2.45, 2.75) is 99.3 Å². The van der Waals surface area contributed by atoms with Crippen molar-refractivity contribution in [1.82, 2.24) is 9.62 Å². The number of sulfonamides is 1. The van der Waals surface area contributed by atoms with Crippen LogP contribution in [0.5, 0.6) is 11.5 Å². The smallest absolute Gasteiger partial charge is 0.298 e. The van der Waals surface area contributed by atoms with E-state index >= 15 is 8.78 Å². The monoisotopic (exact) mass is 675 g/mol. The van der Waals surface area contributed by atoms with Crippen molar-refractivity contribution < 1.29 is 31.5 Å². The first-order valence-electron chi connectivity index (χ1n) is 16.1. The van der Waals surface area contributed by atoms with Gasteiger partial charge in [0, 0.05) is 24.7 Å². The van der Waals surface area contributed by atoms with E-state index in [-0.39, 0.29) is 47.0 Å². The first kappa shape index (κ1) is 32.9. The van der Waals surface area contributed by atoms with Crippen LogP contribution < -0.4 is 19.9 Å². The van der Waals surface area contributed by atoms with Gasteiger partial charge in [-0.25, -0.2) is 8.42 Å². The van der Waals surface area contributed by atoms with E-state index in [1.807, 2.05) is 6.07 Å². The van der Waals surface area contributed by atoms with Crippen molar-refractivity contribution in [3.05, 3.63) is 65.2 Å². The van der Waals surface area contributed by atoms with E-state index < -0.39 is 33.5 Å². The molecule has 8 nitrogen and oxygen atoms in total. The molecule has 12 heteroatoms. The lowest BCUT2D eigenvalue weighted by Gasteiger charge is -2.35. The van der Waals surface area contributed by atoms with Crippen molar-refractivity contribution in [2.75, 3.05) is 13.1 Å². The summed E-state index contributed by atoms with van der Waals surface area (Å²) in [5.74, 6) is -4.21. The zero-order valence-electron chi connectivity index (χ0n) is 25.6. The summed E-state index contributed by atoms with van der Waals surface area (Å²) >= 11 is 6.31. The Kier molecular flexibility index (Phi) is 9.75. The lowest BCUT2D eigenvalue weighted by atomic mass is 9.98. The summed E-state index contributed by atoms with van der Waals surface area (Å²) in [6.45, 7) is 0.290. The van der Waals surface area contributed by atoms with Gasteiger partial charge in [0.1, 0.15) is 11.5 Å². The van der Waals surface area contributed by atoms with Crippen LogP contribution in [0.15, 0.2) is 59.5 Å². The fraction of sp³-hybridized carbons (Fsp3) is 0.500. The van der Waals surface area contributed by atoms with Crippen LogP contribution in [0, 0.1) is 0 Å². The molecular formula is C34H40ClF2N3O5S. The summed E-state index contributed by atoms with van der Waals surface area (Å²) in [6, 6.07) is 10.6. The average Bonchev–Trinajstić information content (AvgIpc) is 3.75. The molecule has 3 N–H and O–H groups in total. The maximum Gasteiger partial charge on any atom is 0.298 e. The van der Waals surface area contributed by atoms with Crippen LogP contribution in [-0.4, -0.2) is 56.6 Å². The van der Waals surface area contributed by atoms with E-state index in [2.05, 4.69) is 4.72 Å². The molecule has 46 heavy (non-hydrogen) atoms. The van der Waals surface area contributed by atoms with Crippen molar-refractivity contribution in [3.8, 4) is 11.5 Å². The number of benzene rings is 3. The number of ether oxygens (including phenoxy) is 2. The number of carbonyl (C=O) groups excluding carboxylic acids is 1. The van der Waals surface area contributed by atoms with Crippen LogP contribution in [0.2, 0.25) is 5.02 Å². The lowest BCUT2D eigenvalue weighted by Crippen LogP contribution is -2.58. The molecule has 3 aliphatic rings. The van der Waals surface area contributed by atoms with Crippen LogP contribution in [0.3, 0.4) is 0 Å². The Morgan fingerprint density at radius 2 is 1.48 bits per heavy atom. The molecule has 3 aromatic carbocycles. The number of piperidine rings is 1. The third-order valence-corrected chi connectivity index (χ3v) is 11.1. The molecule has 2 saturated carbocycles. The Morgan fingerprint density at radius 1 is 0.870 bits per heavy atom. The van der Waals surface area contributed by atoms with Crippen molar-refractivity contribution >= 4 is 38.3 Å². The second-order valence-electron chi connectivity index (χ2n) is 12.7. The third kappa shape index (κ3) is 7.27. The normalized spacial score (nSPS) is 19.5. The number of hydrogen-bond acceptors (Lipinski definition) is 6. The molecule has 248 valence electrons. The molecule has 0 unspecified atom stereocenters. The molecule has 0 aromatic heterocycles. The first-order valence-corrected chi connectivity index (χ1v) is 18.0. The molecule has 0 radical (unpaired) electrons. The Bertz CT molecular complexity index is 1670. The maximum atomic E-state index is 16.5. The van der Waals surface area contributed by atoms with E-state index in [1.165, 1.54) is 23.1 Å². The molecule has 0 bridgehead atoms. The minimum absolute atomic E-state index is 0.0783. The minimum Gasteiger partial charge on any atom is -0.490 e. The highest BCUT2D eigenvalue weighted by molar-refractivity contribution is 7.89. The number of hydrogen-bond donors (Lipinski definition) is 2. The molecule has 6 rings (SSSR count). The topological polar surface area (TPSA) is 111 Å². The van der Waals surface area contributed by atoms with Gasteiger partial charge in [-0.15, -0.1) is 0 Å². The van der Waals surface area contributed by atoms with Gasteiger partial charge in [-0.1, -0.05) is 29.8 Å². The number of likely N-dealkylation sites (tertiary alicyclic amines) is 1. The van der Waals surface area contributed by atoms with E-state index in [4.69, 9.17) is 26.8 Å². The molecule has 1 heterocycles. The standard InChI is InChI=1S/C34H40ClF2N3O5S/c35-30-14-11-24(21-31(30)45-27-7-3-4-8-27)34(36,37)32(33(41)40-17-15-25(38)16-18-40)39-46(42,43)29-13-10-22-19-28(12-9-23(22)20-29)44-26-5-1-2-6-26/h9-14,19-21,25-27,32,39H,1-8,15-18,38H2/t32-/m0/s1. The van der Waals surface area contributed by atoms with Gasteiger partial charge in [0.15, 0.2) is 6.04 Å². The van der Waals surface area contributed by atoms with Gasteiger partial charge in [0.2, 0.25) is 15.9 Å². The number of nitrogens with zero attached hydrogens (tertiary/aromatic N) is 1. The van der Waals surface area contributed by atoms with Gasteiger partial charge in [0.05, 0.1) is 22.1 Å². The van der Waals surface area contributed by atoms with Gasteiger partial charge in [-0.05, 0) is 111 Å². The van der Waals surface area contributed by atoms with Crippen molar-refractivity contribution in [1.29, 1.82) is 0 Å². The molecule has 1 amide bonds. The van der Waals surface area contributed by atoms with E-state index in [0.717, 1.165) is 68.9 Å². The number of fused-ring (bicyclic) bond motifs is 1. The lowest BCUT2D eigenvalue weighted by molar-refractivity contribution is -0.145. The van der Waals surface area contributed by atoms with Crippen LogP contribution in [-0.2, 0) is 20.7 Å². The Morgan fingerprint density at radius 3 is 2.15 bits per heavy atom. The Hall–Kier alpha value is -2.99. The molecular weight excluding hydrogens is 636 g/mol. The van der Waals surface area contributed by atoms with Gasteiger partial charge < -0.3 is 20.1 Å². The summed E-state index contributed by atoms with van der Waals surface area (Å²) in [5.41, 5.74) is 5.41. The van der Waals surface area contributed by atoms with Crippen LogP contribution in [0.25, 0.3) is 10.8 Å². The fourth-order valence-corrected chi connectivity index (χ4v) is 7.99. The summed E-state index contributed by atoms with van der Waals surface area (Å²) < 4.78 is 74.7. The summed E-state index contributed by atoms with van der Waals surface area (Å²) in [6.07, 6.45) is 8.66. The number of nitrogens with one attached hydrogen (secondary N) is 1. The predicted molar refractivity (Wildman–Crippen MR) is 173 cm³/mol. The number of alkyl halides is 2. The molecule has 3 aromatic rings. The van der Waals surface area contributed by atoms with Crippen LogP contribution >= 0.6 is 11.6 Å². The number of carbonyl (C=O) groups is 1. The minimum atomic E-state index is -4.59. The van der Waals surface area contributed by atoms with Gasteiger partial charge in [0.25, 0.3) is 5.92 Å². The molecule has 1 atom stereocenters. The first-order chi connectivity index (χ1) is 22.0. The Balaban J connectivity index is 1.30. The molecule has 1 saturated heterocycles. The quantitative estimate of drug-likeness (QED) is 0.253. The molecule has 0 spiro atoms. The predicted octanol–water partition coefficient (Wildman–Crippen LogP) is 6.52. The van der Waals surface area contributed by atoms with Crippen LogP contribution in [0.4, 0.5) is 8.78 Å². The fourth-order valence-electron chi connectivity index (χ4n) is 6.60. The van der Waals surface area contributed by atoms with Crippen LogP contribution in [0.1, 0.15) is 69.8 Å². The zero-order valence-corrected chi connectivity index (χ0v) is 27.2. The van der Waals surface area contributed by atoms with E-state index in [1.54, 1.807) is 18.2 Å². The average molecular weight is 676 g/mol. The zero-order chi connectivity index (χ0) is 32.5. The van der Waals surface area contributed by atoms with Gasteiger partial charge in [-0.3, -0.25) is 4.79 Å². The highest BCUT2D eigenvalue weighted by atomic mass is 35.5. The molecule has 2 aliphatic carbocycles. The van der Waals surface area contributed by atoms with Gasteiger partial charge >= 0.3 is 0 Å². The highest BCUT2D eigenvalue weighted by Crippen LogP contribution is 2.39. The maximum absolute atomic E-state index is 16.5. The number of halogens is 3. The SMILES string of the molecule is NC1CCN(C(=O)[C@H](NS(=O)(=O)c2ccc3cc(OC4CCCC4)ccc3c2)C(F)(F)c2ccc(Cl)c(OC3CCCC3)c2)CC1. The number of amides is 1. The summed E-state index contributed by atoms with van der Waals surface area (Å²) in [4.78, 5) is 14.8. The summed E-state index contributed by atoms with van der Waals surface area (Å²) in [7, 11) is -4.59. The van der Waals surface area contributed by atoms with E-state index in [9.17, 15) is 13.2 Å². The third-order valence-electron chi connectivity index (χ3n) is 9.34. The number of nitrogens with two attached hydrogens (primary N) is 1. The van der Waals surface area contributed by atoms with Crippen molar-refractivity contribution in [3.63, 3.8) is 0 Å². The highest BCUT2D eigenvalue weighted by Gasteiger charge is 2.50. The number of rotatable bonds is 10. The molecule has 3 fully saturated rings. The van der Waals surface area contributed by atoms with E-state index in [0.29, 0.717) is 24.0 Å². The van der Waals surface area contributed by atoms with Crippen molar-refractivity contribution in [2.24, 2.45) is 5.73 Å². The second-order valence-corrected chi connectivity index (χ2v) is 14.8. The largest absolute Gasteiger partial charge is 0.490 e.